The van der Waals surface area contributed by atoms with Crippen molar-refractivity contribution in [3.63, 3.8) is 0 Å². The van der Waals surface area contributed by atoms with Gasteiger partial charge in [-0.15, -0.1) is 0 Å². The van der Waals surface area contributed by atoms with Gasteiger partial charge < -0.3 is 10.6 Å². The van der Waals surface area contributed by atoms with Gasteiger partial charge in [0, 0.05) is 43.6 Å². The number of nitrogens with one attached hydrogen (secondary N) is 2. The molecule has 2 amide bonds. The molecule has 1 saturated heterocycles. The number of hydrogen-bond acceptors (Lipinski definition) is 5. The highest BCUT2D eigenvalue weighted by atomic mass is 32.2. The lowest BCUT2D eigenvalue weighted by molar-refractivity contribution is -0.126. The van der Waals surface area contributed by atoms with Gasteiger partial charge in [-0.1, -0.05) is 31.4 Å². The molecule has 176 valence electrons. The summed E-state index contributed by atoms with van der Waals surface area (Å²) in [6.45, 7) is 2.17. The molecule has 1 aliphatic heterocycles. The fourth-order valence-electron chi connectivity index (χ4n) is 4.37. The van der Waals surface area contributed by atoms with Crippen molar-refractivity contribution in [2.45, 2.75) is 69.2 Å². The third-order valence-corrected chi connectivity index (χ3v) is 8.22. The van der Waals surface area contributed by atoms with Gasteiger partial charge in [-0.3, -0.25) is 14.4 Å². The van der Waals surface area contributed by atoms with Crippen LogP contribution in [0.15, 0.2) is 29.2 Å². The van der Waals surface area contributed by atoms with Crippen LogP contribution < -0.4 is 10.6 Å². The second-order valence-corrected chi connectivity index (χ2v) is 10.6. The van der Waals surface area contributed by atoms with Crippen LogP contribution in [0.2, 0.25) is 0 Å². The number of sulfonamides is 1. The minimum Gasteiger partial charge on any atom is -0.355 e. The van der Waals surface area contributed by atoms with Crippen molar-refractivity contribution in [1.82, 2.24) is 14.9 Å². The molecule has 2 N–H and O–H groups in total. The Balaban J connectivity index is 1.43. The Morgan fingerprint density at radius 2 is 1.72 bits per heavy atom. The third kappa shape index (κ3) is 6.38. The number of piperidine rings is 1. The standard InChI is InChI=1S/C23H33N3O5S/c1-17(27)19-6-5-9-21(16-19)32(30,31)26-14-11-18(12-15-26)23(29)24-13-10-22(28)25-20-7-3-2-4-8-20/h5-6,9,16,18,20H,2-4,7-8,10-15H2,1H3,(H,24,29)(H,25,28). The average Bonchev–Trinajstić information content (AvgIpc) is 2.79. The van der Waals surface area contributed by atoms with Gasteiger partial charge >= 0.3 is 0 Å². The quantitative estimate of drug-likeness (QED) is 0.574. The summed E-state index contributed by atoms with van der Waals surface area (Å²) in [6, 6.07) is 6.30. The largest absolute Gasteiger partial charge is 0.355 e. The summed E-state index contributed by atoms with van der Waals surface area (Å²) in [6.07, 6.45) is 6.68. The molecule has 3 rings (SSSR count). The van der Waals surface area contributed by atoms with Gasteiger partial charge in [0.25, 0.3) is 0 Å². The zero-order valence-electron chi connectivity index (χ0n) is 18.6. The summed E-state index contributed by atoms with van der Waals surface area (Å²) in [5.74, 6) is -0.631. The number of carbonyl (C=O) groups is 3. The van der Waals surface area contributed by atoms with E-state index < -0.39 is 10.0 Å². The summed E-state index contributed by atoms with van der Waals surface area (Å²) in [7, 11) is -3.71. The molecule has 1 aliphatic carbocycles. The van der Waals surface area contributed by atoms with Crippen LogP contribution in [0.3, 0.4) is 0 Å². The zero-order chi connectivity index (χ0) is 23.1. The molecular weight excluding hydrogens is 430 g/mol. The van der Waals surface area contributed by atoms with Crippen LogP contribution in [0.1, 0.15) is 68.6 Å². The normalized spacial score (nSPS) is 18.8. The minimum atomic E-state index is -3.71. The van der Waals surface area contributed by atoms with Crippen molar-refractivity contribution in [3.05, 3.63) is 29.8 Å². The second-order valence-electron chi connectivity index (χ2n) is 8.71. The predicted molar refractivity (Wildman–Crippen MR) is 121 cm³/mol. The van der Waals surface area contributed by atoms with Crippen LogP contribution in [0.5, 0.6) is 0 Å². The third-order valence-electron chi connectivity index (χ3n) is 6.32. The SMILES string of the molecule is CC(=O)c1cccc(S(=O)(=O)N2CCC(C(=O)NCCC(=O)NC3CCCCC3)CC2)c1. The first-order valence-electron chi connectivity index (χ1n) is 11.5. The molecular formula is C23H33N3O5S. The zero-order valence-corrected chi connectivity index (χ0v) is 19.5. The van der Waals surface area contributed by atoms with Crippen LogP contribution in [-0.4, -0.2) is 56.0 Å². The molecule has 0 spiro atoms. The van der Waals surface area contributed by atoms with Gasteiger partial charge in [0.1, 0.15) is 0 Å². The molecule has 0 radical (unpaired) electrons. The lowest BCUT2D eigenvalue weighted by Gasteiger charge is -2.30. The highest BCUT2D eigenvalue weighted by molar-refractivity contribution is 7.89. The van der Waals surface area contributed by atoms with Crippen molar-refractivity contribution in [3.8, 4) is 0 Å². The Bertz CT molecular complexity index is 933. The van der Waals surface area contributed by atoms with Gasteiger partial charge in [0.2, 0.25) is 21.8 Å². The van der Waals surface area contributed by atoms with Crippen molar-refractivity contribution >= 4 is 27.6 Å². The first-order valence-corrected chi connectivity index (χ1v) is 12.9. The molecule has 0 atom stereocenters. The van der Waals surface area contributed by atoms with Crippen LogP contribution >= 0.6 is 0 Å². The van der Waals surface area contributed by atoms with Crippen LogP contribution in [0, 0.1) is 5.92 Å². The highest BCUT2D eigenvalue weighted by Crippen LogP contribution is 2.24. The van der Waals surface area contributed by atoms with Crippen molar-refractivity contribution in [2.75, 3.05) is 19.6 Å². The molecule has 2 fully saturated rings. The van der Waals surface area contributed by atoms with E-state index in [1.807, 2.05) is 0 Å². The number of rotatable bonds is 8. The Hall–Kier alpha value is -2.26. The Labute approximate surface area is 190 Å². The molecule has 8 nitrogen and oxygen atoms in total. The van der Waals surface area contributed by atoms with E-state index >= 15 is 0 Å². The number of benzene rings is 1. The molecule has 1 aromatic carbocycles. The van der Waals surface area contributed by atoms with Crippen molar-refractivity contribution < 1.29 is 22.8 Å². The maximum atomic E-state index is 12.9. The number of Topliss-reactive ketones (excluding diaryl/α,β-unsaturated/α-hetero) is 1. The maximum absolute atomic E-state index is 12.9. The van der Waals surface area contributed by atoms with E-state index in [1.165, 1.54) is 29.8 Å². The van der Waals surface area contributed by atoms with Gasteiger partial charge in [-0.25, -0.2) is 8.42 Å². The molecule has 32 heavy (non-hydrogen) atoms. The molecule has 1 aromatic rings. The fraction of sp³-hybridized carbons (Fsp3) is 0.609. The van der Waals surface area contributed by atoms with Gasteiger partial charge in [-0.05, 0) is 44.7 Å². The first kappa shape index (κ1) is 24.4. The number of carbonyl (C=O) groups excluding carboxylic acids is 3. The fourth-order valence-corrected chi connectivity index (χ4v) is 5.89. The van der Waals surface area contributed by atoms with E-state index in [-0.39, 0.29) is 60.5 Å². The monoisotopic (exact) mass is 463 g/mol. The summed E-state index contributed by atoms with van der Waals surface area (Å²) in [5, 5.41) is 5.86. The molecule has 0 unspecified atom stereocenters. The van der Waals surface area contributed by atoms with E-state index in [4.69, 9.17) is 0 Å². The maximum Gasteiger partial charge on any atom is 0.243 e. The average molecular weight is 464 g/mol. The molecule has 9 heteroatoms. The Morgan fingerprint density at radius 1 is 1.03 bits per heavy atom. The van der Waals surface area contributed by atoms with E-state index in [1.54, 1.807) is 12.1 Å². The molecule has 0 aromatic heterocycles. The molecule has 0 bridgehead atoms. The second kappa shape index (κ2) is 11.0. The summed E-state index contributed by atoms with van der Waals surface area (Å²) in [4.78, 5) is 36.2. The number of ketones is 1. The summed E-state index contributed by atoms with van der Waals surface area (Å²) in [5.41, 5.74) is 0.355. The smallest absolute Gasteiger partial charge is 0.243 e. The number of amides is 2. The number of hydrogen-bond donors (Lipinski definition) is 2. The highest BCUT2D eigenvalue weighted by Gasteiger charge is 2.32. The van der Waals surface area contributed by atoms with Crippen molar-refractivity contribution in [1.29, 1.82) is 0 Å². The van der Waals surface area contributed by atoms with E-state index in [0.717, 1.165) is 25.7 Å². The van der Waals surface area contributed by atoms with Gasteiger partial charge in [0.15, 0.2) is 5.78 Å². The summed E-state index contributed by atoms with van der Waals surface area (Å²) < 4.78 is 27.2. The first-order chi connectivity index (χ1) is 15.3. The van der Waals surface area contributed by atoms with Crippen LogP contribution in [0.4, 0.5) is 0 Å². The Kier molecular flexibility index (Phi) is 8.42. The topological polar surface area (TPSA) is 113 Å². The summed E-state index contributed by atoms with van der Waals surface area (Å²) >= 11 is 0. The predicted octanol–water partition coefficient (Wildman–Crippen LogP) is 2.25. The molecule has 1 heterocycles. The van der Waals surface area contributed by atoms with Gasteiger partial charge in [-0.2, -0.15) is 4.31 Å². The van der Waals surface area contributed by atoms with E-state index in [9.17, 15) is 22.8 Å². The van der Waals surface area contributed by atoms with Crippen molar-refractivity contribution in [2.24, 2.45) is 5.92 Å². The molecule has 1 saturated carbocycles. The van der Waals surface area contributed by atoms with Crippen LogP contribution in [0.25, 0.3) is 0 Å². The van der Waals surface area contributed by atoms with E-state index in [2.05, 4.69) is 10.6 Å². The minimum absolute atomic E-state index is 0.0362. The molecule has 2 aliphatic rings. The lowest BCUT2D eigenvalue weighted by atomic mass is 9.95. The van der Waals surface area contributed by atoms with Gasteiger partial charge in [0.05, 0.1) is 4.90 Å². The number of nitrogens with zero attached hydrogens (tertiary/aromatic N) is 1. The van der Waals surface area contributed by atoms with Crippen LogP contribution in [-0.2, 0) is 19.6 Å². The lowest BCUT2D eigenvalue weighted by Crippen LogP contribution is -2.44. The van der Waals surface area contributed by atoms with E-state index in [0.29, 0.717) is 18.4 Å². The Morgan fingerprint density at radius 3 is 2.38 bits per heavy atom.